The monoisotopic (exact) mass is 354 g/mol. The van der Waals surface area contributed by atoms with Crippen LogP contribution in [0.5, 0.6) is 0 Å². The smallest absolute Gasteiger partial charge is 0.315 e. The fourth-order valence-corrected chi connectivity index (χ4v) is 3.30. The fourth-order valence-electron chi connectivity index (χ4n) is 3.30. The summed E-state index contributed by atoms with van der Waals surface area (Å²) < 4.78 is 5.21. The van der Waals surface area contributed by atoms with Crippen LogP contribution >= 0.6 is 0 Å². The van der Waals surface area contributed by atoms with E-state index in [-0.39, 0.29) is 17.5 Å². The van der Waals surface area contributed by atoms with Gasteiger partial charge in [0.2, 0.25) is 0 Å². The minimum Gasteiger partial charge on any atom is -0.380 e. The molecule has 1 atom stereocenters. The van der Waals surface area contributed by atoms with Gasteiger partial charge in [0.1, 0.15) is 0 Å². The van der Waals surface area contributed by atoms with E-state index < -0.39 is 0 Å². The highest BCUT2D eigenvalue weighted by molar-refractivity contribution is 5.74. The number of amides is 2. The van der Waals surface area contributed by atoms with Crippen LogP contribution in [0.15, 0.2) is 54.6 Å². The van der Waals surface area contributed by atoms with E-state index >= 15 is 0 Å². The summed E-state index contributed by atoms with van der Waals surface area (Å²) in [4.78, 5) is 12.3. The summed E-state index contributed by atoms with van der Waals surface area (Å²) in [5.41, 5.74) is 3.44. The van der Waals surface area contributed by atoms with Crippen molar-refractivity contribution >= 4 is 6.03 Å². The lowest BCUT2D eigenvalue weighted by Gasteiger charge is -2.29. The van der Waals surface area contributed by atoms with Crippen LogP contribution in [0.4, 0.5) is 4.79 Å². The SMILES string of the molecule is COCc1ccccc1CNC(=O)NC(C)CC(C)(C)c1ccccc1. The zero-order valence-electron chi connectivity index (χ0n) is 16.2. The molecule has 0 fully saturated rings. The fraction of sp³-hybridized carbons (Fsp3) is 0.409. The lowest BCUT2D eigenvalue weighted by Crippen LogP contribution is -2.42. The first kappa shape index (κ1) is 20.0. The summed E-state index contributed by atoms with van der Waals surface area (Å²) in [6.45, 7) is 7.49. The van der Waals surface area contributed by atoms with Gasteiger partial charge in [0.25, 0.3) is 0 Å². The molecule has 2 amide bonds. The first-order valence-electron chi connectivity index (χ1n) is 9.08. The number of nitrogens with one attached hydrogen (secondary N) is 2. The Labute approximate surface area is 157 Å². The summed E-state index contributed by atoms with van der Waals surface area (Å²) in [6, 6.07) is 18.3. The molecule has 2 aromatic rings. The van der Waals surface area contributed by atoms with E-state index in [1.807, 2.05) is 37.3 Å². The number of carbonyl (C=O) groups is 1. The van der Waals surface area contributed by atoms with E-state index in [1.165, 1.54) is 5.56 Å². The first-order valence-corrected chi connectivity index (χ1v) is 9.08. The molecule has 2 aromatic carbocycles. The Hall–Kier alpha value is -2.33. The average molecular weight is 354 g/mol. The van der Waals surface area contributed by atoms with Crippen LogP contribution in [-0.2, 0) is 23.3 Å². The molecule has 140 valence electrons. The van der Waals surface area contributed by atoms with E-state index in [2.05, 4.69) is 48.7 Å². The molecule has 4 nitrogen and oxygen atoms in total. The van der Waals surface area contributed by atoms with Crippen LogP contribution in [0.2, 0.25) is 0 Å². The van der Waals surface area contributed by atoms with Crippen LogP contribution < -0.4 is 10.6 Å². The number of carbonyl (C=O) groups excluding carboxylic acids is 1. The number of hydrogen-bond donors (Lipinski definition) is 2. The normalized spacial score (nSPS) is 12.5. The molecule has 0 radical (unpaired) electrons. The van der Waals surface area contributed by atoms with E-state index in [0.29, 0.717) is 13.2 Å². The third kappa shape index (κ3) is 5.88. The average Bonchev–Trinajstić information content (AvgIpc) is 2.61. The molecule has 0 aliphatic carbocycles. The first-order chi connectivity index (χ1) is 12.4. The van der Waals surface area contributed by atoms with Gasteiger partial charge in [-0.05, 0) is 35.4 Å². The maximum atomic E-state index is 12.3. The van der Waals surface area contributed by atoms with Crippen molar-refractivity contribution in [2.24, 2.45) is 0 Å². The van der Waals surface area contributed by atoms with Crippen molar-refractivity contribution in [2.75, 3.05) is 7.11 Å². The lowest BCUT2D eigenvalue weighted by atomic mass is 9.79. The van der Waals surface area contributed by atoms with Crippen LogP contribution in [0, 0.1) is 0 Å². The van der Waals surface area contributed by atoms with Gasteiger partial charge in [-0.25, -0.2) is 4.79 Å². The number of benzene rings is 2. The lowest BCUT2D eigenvalue weighted by molar-refractivity contribution is 0.184. The van der Waals surface area contributed by atoms with Crippen molar-refractivity contribution < 1.29 is 9.53 Å². The van der Waals surface area contributed by atoms with Gasteiger partial charge in [-0.2, -0.15) is 0 Å². The van der Waals surface area contributed by atoms with E-state index in [9.17, 15) is 4.79 Å². The van der Waals surface area contributed by atoms with Gasteiger partial charge in [-0.15, -0.1) is 0 Å². The Morgan fingerprint density at radius 2 is 1.65 bits per heavy atom. The molecule has 26 heavy (non-hydrogen) atoms. The van der Waals surface area contributed by atoms with E-state index in [0.717, 1.165) is 17.5 Å². The molecule has 2 N–H and O–H groups in total. The summed E-state index contributed by atoms with van der Waals surface area (Å²) in [6.07, 6.45) is 0.866. The third-order valence-corrected chi connectivity index (χ3v) is 4.61. The van der Waals surface area contributed by atoms with Gasteiger partial charge < -0.3 is 15.4 Å². The molecule has 0 heterocycles. The summed E-state index contributed by atoms with van der Waals surface area (Å²) in [7, 11) is 1.67. The second-order valence-electron chi connectivity index (χ2n) is 7.38. The molecule has 0 saturated heterocycles. The molecule has 0 bridgehead atoms. The highest BCUT2D eigenvalue weighted by Crippen LogP contribution is 2.28. The molecular weight excluding hydrogens is 324 g/mol. The van der Waals surface area contributed by atoms with Crippen molar-refractivity contribution in [2.45, 2.75) is 51.8 Å². The molecule has 0 aliphatic heterocycles. The zero-order valence-corrected chi connectivity index (χ0v) is 16.2. The zero-order chi connectivity index (χ0) is 19.0. The third-order valence-electron chi connectivity index (χ3n) is 4.61. The van der Waals surface area contributed by atoms with Crippen molar-refractivity contribution in [3.63, 3.8) is 0 Å². The molecule has 2 rings (SSSR count). The maximum absolute atomic E-state index is 12.3. The maximum Gasteiger partial charge on any atom is 0.315 e. The topological polar surface area (TPSA) is 50.4 Å². The summed E-state index contributed by atoms with van der Waals surface area (Å²) in [5, 5.41) is 5.99. The second-order valence-corrected chi connectivity index (χ2v) is 7.38. The van der Waals surface area contributed by atoms with Crippen molar-refractivity contribution in [3.8, 4) is 0 Å². The van der Waals surface area contributed by atoms with Crippen LogP contribution in [-0.4, -0.2) is 19.2 Å². The molecule has 0 aromatic heterocycles. The van der Waals surface area contributed by atoms with Gasteiger partial charge in [0.05, 0.1) is 6.61 Å². The van der Waals surface area contributed by atoms with Gasteiger partial charge in [-0.1, -0.05) is 68.4 Å². The molecule has 0 spiro atoms. The summed E-state index contributed by atoms with van der Waals surface area (Å²) in [5.74, 6) is 0. The Kier molecular flexibility index (Phi) is 7.22. The number of rotatable bonds is 8. The minimum atomic E-state index is -0.145. The van der Waals surface area contributed by atoms with Crippen molar-refractivity contribution in [1.82, 2.24) is 10.6 Å². The molecule has 4 heteroatoms. The number of methoxy groups -OCH3 is 1. The number of urea groups is 1. The standard InChI is InChI=1S/C22H30N2O2/c1-17(14-22(2,3)20-12-6-5-7-13-20)24-21(25)23-15-18-10-8-9-11-19(18)16-26-4/h5-13,17H,14-16H2,1-4H3,(H2,23,24,25). The Morgan fingerprint density at radius 1 is 1.04 bits per heavy atom. The predicted octanol–water partition coefficient (Wildman–Crippen LogP) is 4.39. The van der Waals surface area contributed by atoms with E-state index in [4.69, 9.17) is 4.74 Å². The van der Waals surface area contributed by atoms with Crippen molar-refractivity contribution in [1.29, 1.82) is 0 Å². The van der Waals surface area contributed by atoms with Crippen molar-refractivity contribution in [3.05, 3.63) is 71.3 Å². The Bertz CT molecular complexity index is 698. The van der Waals surface area contributed by atoms with Gasteiger partial charge in [0.15, 0.2) is 0 Å². The Morgan fingerprint density at radius 3 is 2.31 bits per heavy atom. The minimum absolute atomic E-state index is 0.000971. The van der Waals surface area contributed by atoms with Crippen LogP contribution in [0.25, 0.3) is 0 Å². The van der Waals surface area contributed by atoms with E-state index in [1.54, 1.807) is 7.11 Å². The second kappa shape index (κ2) is 9.39. The van der Waals surface area contributed by atoms with Gasteiger partial charge >= 0.3 is 6.03 Å². The largest absolute Gasteiger partial charge is 0.380 e. The molecular formula is C22H30N2O2. The number of hydrogen-bond acceptors (Lipinski definition) is 2. The van der Waals surface area contributed by atoms with Gasteiger partial charge in [0, 0.05) is 19.7 Å². The predicted molar refractivity (Wildman–Crippen MR) is 106 cm³/mol. The van der Waals surface area contributed by atoms with Crippen LogP contribution in [0.1, 0.15) is 43.9 Å². The number of ether oxygens (including phenoxy) is 1. The molecule has 0 saturated carbocycles. The van der Waals surface area contributed by atoms with Gasteiger partial charge in [-0.3, -0.25) is 0 Å². The quantitative estimate of drug-likeness (QED) is 0.739. The molecule has 0 aliphatic rings. The highest BCUT2D eigenvalue weighted by atomic mass is 16.5. The summed E-state index contributed by atoms with van der Waals surface area (Å²) >= 11 is 0. The highest BCUT2D eigenvalue weighted by Gasteiger charge is 2.23. The van der Waals surface area contributed by atoms with Crippen LogP contribution in [0.3, 0.4) is 0 Å². The Balaban J connectivity index is 1.86. The molecule has 1 unspecified atom stereocenters.